The lowest BCUT2D eigenvalue weighted by molar-refractivity contribution is -0.0372. The standard InChI is InChI=1S/C14H21IN2O/c1-16-13(14-10-17(2)7-8-18-14)9-11-3-5-12(15)6-4-11/h3-6,13-14,16H,7-10H2,1-2H3. The molecule has 3 nitrogen and oxygen atoms in total. The van der Waals surface area contributed by atoms with E-state index in [2.05, 4.69) is 64.1 Å². The number of hydrogen-bond donors (Lipinski definition) is 1. The van der Waals surface area contributed by atoms with Gasteiger partial charge in [-0.1, -0.05) is 12.1 Å². The predicted octanol–water partition coefficient (Wildman–Crippen LogP) is 1.75. The van der Waals surface area contributed by atoms with Crippen LogP contribution in [0.25, 0.3) is 0 Å². The Morgan fingerprint density at radius 3 is 2.78 bits per heavy atom. The first-order valence-electron chi connectivity index (χ1n) is 6.41. The summed E-state index contributed by atoms with van der Waals surface area (Å²) in [5.41, 5.74) is 1.37. The number of nitrogens with zero attached hydrogens (tertiary/aromatic N) is 1. The third-order valence-electron chi connectivity index (χ3n) is 3.49. The predicted molar refractivity (Wildman–Crippen MR) is 82.9 cm³/mol. The molecule has 0 radical (unpaired) electrons. The van der Waals surface area contributed by atoms with Crippen molar-refractivity contribution in [3.05, 3.63) is 33.4 Å². The molecule has 0 saturated carbocycles. The monoisotopic (exact) mass is 360 g/mol. The molecule has 1 fully saturated rings. The van der Waals surface area contributed by atoms with Crippen molar-refractivity contribution in [1.29, 1.82) is 0 Å². The van der Waals surface area contributed by atoms with E-state index in [0.29, 0.717) is 6.04 Å². The van der Waals surface area contributed by atoms with E-state index in [-0.39, 0.29) is 6.10 Å². The van der Waals surface area contributed by atoms with Crippen molar-refractivity contribution in [1.82, 2.24) is 10.2 Å². The molecule has 1 aromatic carbocycles. The SMILES string of the molecule is CNC(Cc1ccc(I)cc1)C1CN(C)CCO1. The number of nitrogens with one attached hydrogen (secondary N) is 1. The summed E-state index contributed by atoms with van der Waals surface area (Å²) in [5.74, 6) is 0. The lowest BCUT2D eigenvalue weighted by atomic mass is 10.0. The van der Waals surface area contributed by atoms with Crippen molar-refractivity contribution in [3.63, 3.8) is 0 Å². The second-order valence-electron chi connectivity index (χ2n) is 4.90. The molecule has 18 heavy (non-hydrogen) atoms. The first-order chi connectivity index (χ1) is 8.69. The summed E-state index contributed by atoms with van der Waals surface area (Å²) in [5, 5.41) is 3.40. The van der Waals surface area contributed by atoms with E-state index in [1.807, 2.05) is 7.05 Å². The fourth-order valence-electron chi connectivity index (χ4n) is 2.35. The molecule has 0 bridgehead atoms. The molecule has 2 unspecified atom stereocenters. The quantitative estimate of drug-likeness (QED) is 0.829. The van der Waals surface area contributed by atoms with Gasteiger partial charge >= 0.3 is 0 Å². The fraction of sp³-hybridized carbons (Fsp3) is 0.571. The minimum absolute atomic E-state index is 0.285. The van der Waals surface area contributed by atoms with Gasteiger partial charge in [-0.05, 0) is 60.8 Å². The number of morpholine rings is 1. The largest absolute Gasteiger partial charge is 0.374 e. The summed E-state index contributed by atoms with van der Waals surface area (Å²) < 4.78 is 7.18. The van der Waals surface area contributed by atoms with Crippen LogP contribution in [0, 0.1) is 3.57 Å². The molecule has 1 N–H and O–H groups in total. The van der Waals surface area contributed by atoms with Gasteiger partial charge in [0.25, 0.3) is 0 Å². The van der Waals surface area contributed by atoms with E-state index in [9.17, 15) is 0 Å². The van der Waals surface area contributed by atoms with Crippen molar-refractivity contribution in [2.75, 3.05) is 33.8 Å². The van der Waals surface area contributed by atoms with Gasteiger partial charge < -0.3 is 15.0 Å². The van der Waals surface area contributed by atoms with Gasteiger partial charge in [0.15, 0.2) is 0 Å². The van der Waals surface area contributed by atoms with Gasteiger partial charge in [0.05, 0.1) is 12.7 Å². The van der Waals surface area contributed by atoms with Crippen LogP contribution in [0.15, 0.2) is 24.3 Å². The third kappa shape index (κ3) is 3.91. The molecule has 0 aliphatic carbocycles. The number of likely N-dealkylation sites (N-methyl/N-ethyl adjacent to an activating group) is 2. The number of benzene rings is 1. The molecule has 1 aromatic rings. The van der Waals surface area contributed by atoms with E-state index in [1.165, 1.54) is 9.13 Å². The smallest absolute Gasteiger partial charge is 0.0858 e. The Kier molecular flexibility index (Phi) is 5.41. The Bertz CT molecular complexity index is 369. The average molecular weight is 360 g/mol. The highest BCUT2D eigenvalue weighted by atomic mass is 127. The molecule has 1 heterocycles. The topological polar surface area (TPSA) is 24.5 Å². The highest BCUT2D eigenvalue weighted by Gasteiger charge is 2.25. The number of ether oxygens (including phenoxy) is 1. The van der Waals surface area contributed by atoms with Crippen molar-refractivity contribution < 1.29 is 4.74 Å². The Morgan fingerprint density at radius 1 is 1.44 bits per heavy atom. The second-order valence-corrected chi connectivity index (χ2v) is 6.14. The van der Waals surface area contributed by atoms with E-state index in [0.717, 1.165) is 26.1 Å². The van der Waals surface area contributed by atoms with Crippen LogP contribution >= 0.6 is 22.6 Å². The Morgan fingerprint density at radius 2 is 2.17 bits per heavy atom. The van der Waals surface area contributed by atoms with E-state index in [4.69, 9.17) is 4.74 Å². The lowest BCUT2D eigenvalue weighted by Gasteiger charge is -2.35. The first-order valence-corrected chi connectivity index (χ1v) is 7.49. The van der Waals surface area contributed by atoms with Crippen molar-refractivity contribution in [3.8, 4) is 0 Å². The molecule has 1 aliphatic rings. The minimum Gasteiger partial charge on any atom is -0.374 e. The number of halogens is 1. The molecule has 0 amide bonds. The Balaban J connectivity index is 1.98. The molecule has 100 valence electrons. The fourth-order valence-corrected chi connectivity index (χ4v) is 2.71. The van der Waals surface area contributed by atoms with E-state index < -0.39 is 0 Å². The summed E-state index contributed by atoms with van der Waals surface area (Å²) >= 11 is 2.34. The van der Waals surface area contributed by atoms with Gasteiger partial charge in [-0.2, -0.15) is 0 Å². The molecule has 4 heteroatoms. The summed E-state index contributed by atoms with van der Waals surface area (Å²) in [7, 11) is 4.18. The van der Waals surface area contributed by atoms with Gasteiger partial charge in [0, 0.05) is 22.7 Å². The van der Waals surface area contributed by atoms with Gasteiger partial charge in [0.1, 0.15) is 0 Å². The van der Waals surface area contributed by atoms with E-state index in [1.54, 1.807) is 0 Å². The van der Waals surface area contributed by atoms with Gasteiger partial charge in [-0.15, -0.1) is 0 Å². The number of rotatable bonds is 4. The maximum absolute atomic E-state index is 5.89. The van der Waals surface area contributed by atoms with Crippen LogP contribution in [0.4, 0.5) is 0 Å². The normalized spacial score (nSPS) is 22.9. The van der Waals surface area contributed by atoms with Crippen molar-refractivity contribution >= 4 is 22.6 Å². The van der Waals surface area contributed by atoms with Gasteiger partial charge in [0.2, 0.25) is 0 Å². The molecule has 0 aromatic heterocycles. The Hall–Kier alpha value is -0.170. The van der Waals surface area contributed by atoms with Gasteiger partial charge in [-0.3, -0.25) is 0 Å². The first kappa shape index (κ1) is 14.2. The molecular formula is C14H21IN2O. The molecule has 2 atom stereocenters. The van der Waals surface area contributed by atoms with Crippen LogP contribution < -0.4 is 5.32 Å². The molecular weight excluding hydrogens is 339 g/mol. The molecule has 1 saturated heterocycles. The zero-order chi connectivity index (χ0) is 13.0. The van der Waals surface area contributed by atoms with Crippen LogP contribution in [0.1, 0.15) is 5.56 Å². The maximum atomic E-state index is 5.89. The summed E-state index contributed by atoms with van der Waals surface area (Å²) in [6.07, 6.45) is 1.30. The van der Waals surface area contributed by atoms with Crippen LogP contribution in [0.5, 0.6) is 0 Å². The summed E-state index contributed by atoms with van der Waals surface area (Å²) in [6, 6.07) is 9.12. The van der Waals surface area contributed by atoms with Crippen molar-refractivity contribution in [2.45, 2.75) is 18.6 Å². The highest BCUT2D eigenvalue weighted by Crippen LogP contribution is 2.14. The summed E-state index contributed by atoms with van der Waals surface area (Å²) in [6.45, 7) is 2.89. The van der Waals surface area contributed by atoms with Crippen LogP contribution in [0.3, 0.4) is 0 Å². The van der Waals surface area contributed by atoms with Crippen molar-refractivity contribution in [2.24, 2.45) is 0 Å². The summed E-state index contributed by atoms with van der Waals surface area (Å²) in [4.78, 5) is 2.34. The molecule has 0 spiro atoms. The van der Waals surface area contributed by atoms with Crippen LogP contribution in [-0.4, -0.2) is 50.8 Å². The van der Waals surface area contributed by atoms with Crippen LogP contribution in [0.2, 0.25) is 0 Å². The van der Waals surface area contributed by atoms with Gasteiger partial charge in [-0.25, -0.2) is 0 Å². The van der Waals surface area contributed by atoms with Crippen LogP contribution in [-0.2, 0) is 11.2 Å². The Labute approximate surface area is 123 Å². The minimum atomic E-state index is 0.285. The van der Waals surface area contributed by atoms with E-state index >= 15 is 0 Å². The zero-order valence-corrected chi connectivity index (χ0v) is 13.2. The second kappa shape index (κ2) is 6.84. The molecule has 2 rings (SSSR count). The zero-order valence-electron chi connectivity index (χ0n) is 11.0. The molecule has 1 aliphatic heterocycles. The maximum Gasteiger partial charge on any atom is 0.0858 e. The average Bonchev–Trinajstić information content (AvgIpc) is 2.38. The third-order valence-corrected chi connectivity index (χ3v) is 4.20. The highest BCUT2D eigenvalue weighted by molar-refractivity contribution is 14.1. The lowest BCUT2D eigenvalue weighted by Crippen LogP contribution is -2.51. The number of hydrogen-bond acceptors (Lipinski definition) is 3.